The van der Waals surface area contributed by atoms with Crippen molar-refractivity contribution in [3.63, 3.8) is 0 Å². The van der Waals surface area contributed by atoms with E-state index in [4.69, 9.17) is 22.7 Å². The minimum absolute atomic E-state index is 0.0585. The van der Waals surface area contributed by atoms with Crippen LogP contribution in [0.25, 0.3) is 0 Å². The molecule has 104 valence electrons. The van der Waals surface area contributed by atoms with Crippen molar-refractivity contribution in [1.29, 1.82) is 5.41 Å². The Morgan fingerprint density at radius 2 is 1.90 bits per heavy atom. The lowest BCUT2D eigenvalue weighted by Gasteiger charge is -2.26. The van der Waals surface area contributed by atoms with E-state index < -0.39 is 0 Å². The summed E-state index contributed by atoms with van der Waals surface area (Å²) in [5, 5.41) is 8.35. The van der Waals surface area contributed by atoms with Gasteiger partial charge in [0.25, 0.3) is 0 Å². The van der Waals surface area contributed by atoms with Crippen molar-refractivity contribution in [1.82, 2.24) is 0 Å². The average molecular weight is 288 g/mol. The zero-order valence-corrected chi connectivity index (χ0v) is 12.2. The summed E-state index contributed by atoms with van der Waals surface area (Å²) in [5.74, 6) is 0.0585. The number of benzene rings is 2. The Morgan fingerprint density at radius 3 is 2.50 bits per heavy atom. The van der Waals surface area contributed by atoms with Gasteiger partial charge in [-0.25, -0.2) is 0 Å². The molecule has 0 radical (unpaired) electrons. The van der Waals surface area contributed by atoms with Gasteiger partial charge in [0.05, 0.1) is 0 Å². The first-order chi connectivity index (χ1) is 9.61. The van der Waals surface area contributed by atoms with Crippen LogP contribution in [0.5, 0.6) is 0 Å². The minimum Gasteiger partial charge on any atom is -0.384 e. The quantitative estimate of drug-likeness (QED) is 0.651. The van der Waals surface area contributed by atoms with Gasteiger partial charge in [0, 0.05) is 29.4 Å². The topological polar surface area (TPSA) is 53.1 Å². The van der Waals surface area contributed by atoms with E-state index in [2.05, 4.69) is 24.0 Å². The van der Waals surface area contributed by atoms with Crippen molar-refractivity contribution in [3.05, 3.63) is 64.7 Å². The Labute approximate surface area is 124 Å². The highest BCUT2D eigenvalue weighted by molar-refractivity contribution is 6.31. The number of nitrogens with one attached hydrogen (secondary N) is 1. The molecular formula is C16H18ClN3. The highest BCUT2D eigenvalue weighted by Gasteiger charge is 2.13. The van der Waals surface area contributed by atoms with Crippen molar-refractivity contribution < 1.29 is 0 Å². The predicted molar refractivity (Wildman–Crippen MR) is 85.6 cm³/mol. The summed E-state index contributed by atoms with van der Waals surface area (Å²) in [4.78, 5) is 2.16. The summed E-state index contributed by atoms with van der Waals surface area (Å²) >= 11 is 6.09. The molecule has 0 amide bonds. The van der Waals surface area contributed by atoms with Gasteiger partial charge in [-0.1, -0.05) is 41.9 Å². The Hall–Kier alpha value is -2.00. The maximum Gasteiger partial charge on any atom is 0.124 e. The molecule has 0 heterocycles. The van der Waals surface area contributed by atoms with Gasteiger partial charge < -0.3 is 10.6 Å². The molecule has 0 spiro atoms. The number of amidine groups is 1. The number of anilines is 1. The van der Waals surface area contributed by atoms with Crippen LogP contribution in [0.1, 0.15) is 18.1 Å². The van der Waals surface area contributed by atoms with Gasteiger partial charge in [-0.05, 0) is 30.7 Å². The Kier molecular flexibility index (Phi) is 4.64. The summed E-state index contributed by atoms with van der Waals surface area (Å²) < 4.78 is 0. The molecule has 0 aromatic heterocycles. The number of nitrogen functional groups attached to an aromatic ring is 1. The monoisotopic (exact) mass is 287 g/mol. The first-order valence-electron chi connectivity index (χ1n) is 6.54. The van der Waals surface area contributed by atoms with E-state index in [-0.39, 0.29) is 5.84 Å². The minimum atomic E-state index is 0.0585. The van der Waals surface area contributed by atoms with Crippen molar-refractivity contribution in [2.75, 3.05) is 11.4 Å². The Bertz CT molecular complexity index is 596. The van der Waals surface area contributed by atoms with Gasteiger partial charge in [0.2, 0.25) is 0 Å². The molecule has 0 aliphatic carbocycles. The van der Waals surface area contributed by atoms with E-state index in [0.29, 0.717) is 10.6 Å². The lowest BCUT2D eigenvalue weighted by atomic mass is 10.1. The molecule has 2 rings (SSSR count). The zero-order chi connectivity index (χ0) is 14.5. The third kappa shape index (κ3) is 3.31. The van der Waals surface area contributed by atoms with Crippen LogP contribution in [-0.2, 0) is 6.54 Å². The van der Waals surface area contributed by atoms with Crippen LogP contribution in [0.15, 0.2) is 48.5 Å². The van der Waals surface area contributed by atoms with Crippen molar-refractivity contribution >= 4 is 23.1 Å². The second-order valence-corrected chi connectivity index (χ2v) is 5.01. The highest BCUT2D eigenvalue weighted by atomic mass is 35.5. The van der Waals surface area contributed by atoms with Crippen LogP contribution in [0, 0.1) is 5.41 Å². The molecule has 0 atom stereocenters. The standard InChI is InChI=1S/C16H18ClN3/c1-2-20(11-12-6-4-3-5-7-12)15-10-13(17)8-9-14(15)16(18)19/h3-10H,2,11H2,1H3,(H3,18,19). The third-order valence-electron chi connectivity index (χ3n) is 3.19. The summed E-state index contributed by atoms with van der Waals surface area (Å²) in [6.45, 7) is 3.65. The SMILES string of the molecule is CCN(Cc1ccccc1)c1cc(Cl)ccc1C(=N)N. The van der Waals surface area contributed by atoms with Crippen LogP contribution in [0.3, 0.4) is 0 Å². The predicted octanol–water partition coefficient (Wildman–Crippen LogP) is 3.65. The van der Waals surface area contributed by atoms with E-state index in [1.54, 1.807) is 12.1 Å². The molecule has 0 fully saturated rings. The second-order valence-electron chi connectivity index (χ2n) is 4.57. The van der Waals surface area contributed by atoms with Crippen molar-refractivity contribution in [2.45, 2.75) is 13.5 Å². The van der Waals surface area contributed by atoms with Gasteiger partial charge in [-0.3, -0.25) is 5.41 Å². The van der Waals surface area contributed by atoms with E-state index in [1.165, 1.54) is 5.56 Å². The van der Waals surface area contributed by atoms with Crippen LogP contribution >= 0.6 is 11.6 Å². The van der Waals surface area contributed by atoms with Crippen LogP contribution in [-0.4, -0.2) is 12.4 Å². The molecule has 0 aliphatic rings. The van der Waals surface area contributed by atoms with Gasteiger partial charge in [-0.15, -0.1) is 0 Å². The summed E-state index contributed by atoms with van der Waals surface area (Å²) in [6.07, 6.45) is 0. The average Bonchev–Trinajstić information content (AvgIpc) is 2.45. The van der Waals surface area contributed by atoms with Gasteiger partial charge in [0.1, 0.15) is 5.84 Å². The summed E-state index contributed by atoms with van der Waals surface area (Å²) in [5.41, 5.74) is 8.49. The number of hydrogen-bond donors (Lipinski definition) is 2. The molecule has 0 unspecified atom stereocenters. The molecule has 3 N–H and O–H groups in total. The van der Waals surface area contributed by atoms with Crippen molar-refractivity contribution in [3.8, 4) is 0 Å². The zero-order valence-electron chi connectivity index (χ0n) is 11.4. The molecule has 20 heavy (non-hydrogen) atoms. The number of halogens is 1. The van der Waals surface area contributed by atoms with Crippen LogP contribution in [0.4, 0.5) is 5.69 Å². The molecule has 0 saturated carbocycles. The summed E-state index contributed by atoms with van der Waals surface area (Å²) in [7, 11) is 0. The first kappa shape index (κ1) is 14.4. The smallest absolute Gasteiger partial charge is 0.124 e. The number of nitrogens with zero attached hydrogens (tertiary/aromatic N) is 1. The lowest BCUT2D eigenvalue weighted by molar-refractivity contribution is 0.831. The molecule has 0 aliphatic heterocycles. The fourth-order valence-corrected chi connectivity index (χ4v) is 2.33. The normalized spacial score (nSPS) is 10.3. The highest BCUT2D eigenvalue weighted by Crippen LogP contribution is 2.26. The first-order valence-corrected chi connectivity index (χ1v) is 6.92. The van der Waals surface area contributed by atoms with E-state index >= 15 is 0 Å². The largest absolute Gasteiger partial charge is 0.384 e. The molecule has 0 saturated heterocycles. The third-order valence-corrected chi connectivity index (χ3v) is 3.42. The number of nitrogens with two attached hydrogens (primary N) is 1. The molecule has 3 nitrogen and oxygen atoms in total. The van der Waals surface area contributed by atoms with Gasteiger partial charge in [0.15, 0.2) is 0 Å². The maximum atomic E-state index is 7.70. The number of hydrogen-bond acceptors (Lipinski definition) is 2. The fourth-order valence-electron chi connectivity index (χ4n) is 2.17. The van der Waals surface area contributed by atoms with E-state index in [0.717, 1.165) is 18.8 Å². The van der Waals surface area contributed by atoms with E-state index in [1.807, 2.05) is 24.3 Å². The van der Waals surface area contributed by atoms with Crippen LogP contribution in [0.2, 0.25) is 5.02 Å². The van der Waals surface area contributed by atoms with Crippen LogP contribution < -0.4 is 10.6 Å². The second kappa shape index (κ2) is 6.44. The van der Waals surface area contributed by atoms with Gasteiger partial charge >= 0.3 is 0 Å². The van der Waals surface area contributed by atoms with Gasteiger partial charge in [-0.2, -0.15) is 0 Å². The maximum absolute atomic E-state index is 7.70. The summed E-state index contributed by atoms with van der Waals surface area (Å²) in [6, 6.07) is 15.6. The molecule has 4 heteroatoms. The van der Waals surface area contributed by atoms with E-state index in [9.17, 15) is 0 Å². The molecule has 2 aromatic carbocycles. The molecule has 0 bridgehead atoms. The lowest BCUT2D eigenvalue weighted by Crippen LogP contribution is -2.25. The Balaban J connectivity index is 2.36. The molecular weight excluding hydrogens is 270 g/mol. The molecule has 2 aromatic rings. The number of rotatable bonds is 5. The Morgan fingerprint density at radius 1 is 1.20 bits per heavy atom. The fraction of sp³-hybridized carbons (Fsp3) is 0.188. The van der Waals surface area contributed by atoms with Crippen molar-refractivity contribution in [2.24, 2.45) is 5.73 Å².